The fourth-order valence-electron chi connectivity index (χ4n) is 3.34. The second-order valence-electron chi connectivity index (χ2n) is 6.09. The highest BCUT2D eigenvalue weighted by atomic mass is 16.5. The molecule has 1 fully saturated rings. The lowest BCUT2D eigenvalue weighted by atomic mass is 9.96. The van der Waals surface area contributed by atoms with Crippen LogP contribution in [0.25, 0.3) is 0 Å². The molecular weight excluding hydrogens is 310 g/mol. The van der Waals surface area contributed by atoms with E-state index in [1.165, 1.54) is 11.8 Å². The number of carbonyl (C=O) groups excluding carboxylic acids is 2. The van der Waals surface area contributed by atoms with Gasteiger partial charge < -0.3 is 19.5 Å². The van der Waals surface area contributed by atoms with E-state index in [9.17, 15) is 14.7 Å². The van der Waals surface area contributed by atoms with Crippen molar-refractivity contribution in [3.05, 3.63) is 41.2 Å². The van der Waals surface area contributed by atoms with E-state index in [2.05, 4.69) is 0 Å². The third-order valence-electron chi connectivity index (χ3n) is 4.54. The molecule has 0 saturated carbocycles. The third-order valence-corrected chi connectivity index (χ3v) is 4.54. The van der Waals surface area contributed by atoms with Crippen molar-refractivity contribution >= 4 is 11.7 Å². The van der Waals surface area contributed by atoms with Crippen molar-refractivity contribution in [2.75, 3.05) is 20.3 Å². The zero-order chi connectivity index (χ0) is 17.3. The molecule has 2 aliphatic heterocycles. The summed E-state index contributed by atoms with van der Waals surface area (Å²) in [5.74, 6) is -0.597. The molecule has 0 aliphatic carbocycles. The van der Waals surface area contributed by atoms with E-state index in [0.717, 1.165) is 18.4 Å². The first kappa shape index (κ1) is 16.5. The highest BCUT2D eigenvalue weighted by Crippen LogP contribution is 2.38. The van der Waals surface area contributed by atoms with Gasteiger partial charge in [-0.05, 0) is 37.5 Å². The molecule has 6 heteroatoms. The molecule has 3 rings (SSSR count). The number of ketones is 1. The topological polar surface area (TPSA) is 76.1 Å². The standard InChI is InChI=1S/C18H21NO5/c1-11(20)15-16(12-5-7-13(23-2)8-6-12)19(18(22)17(15)21)10-14-4-3-9-24-14/h5-8,14,16,21H,3-4,9-10H2,1-2H3. The molecule has 2 aliphatic rings. The van der Waals surface area contributed by atoms with E-state index in [-0.39, 0.29) is 17.5 Å². The number of amides is 1. The summed E-state index contributed by atoms with van der Waals surface area (Å²) in [6, 6.07) is 6.57. The maximum Gasteiger partial charge on any atom is 0.290 e. The van der Waals surface area contributed by atoms with Gasteiger partial charge in [0.1, 0.15) is 5.75 Å². The van der Waals surface area contributed by atoms with Gasteiger partial charge in [0, 0.05) is 13.2 Å². The molecule has 1 N–H and O–H groups in total. The van der Waals surface area contributed by atoms with Crippen molar-refractivity contribution in [1.82, 2.24) is 4.90 Å². The van der Waals surface area contributed by atoms with Crippen molar-refractivity contribution in [2.45, 2.75) is 31.9 Å². The second kappa shape index (κ2) is 6.65. The smallest absolute Gasteiger partial charge is 0.290 e. The SMILES string of the molecule is COc1ccc(C2C(C(C)=O)=C(O)C(=O)N2CC2CCCO2)cc1. The van der Waals surface area contributed by atoms with Crippen molar-refractivity contribution in [3.8, 4) is 5.75 Å². The van der Waals surface area contributed by atoms with Crippen molar-refractivity contribution in [1.29, 1.82) is 0 Å². The number of rotatable bonds is 5. The fraction of sp³-hybridized carbons (Fsp3) is 0.444. The number of aliphatic hydroxyl groups is 1. The molecule has 1 saturated heterocycles. The predicted molar refractivity (Wildman–Crippen MR) is 86.8 cm³/mol. The predicted octanol–water partition coefficient (Wildman–Crippen LogP) is 2.16. The van der Waals surface area contributed by atoms with Crippen LogP contribution in [0.1, 0.15) is 31.4 Å². The molecule has 6 nitrogen and oxygen atoms in total. The van der Waals surface area contributed by atoms with Gasteiger partial charge in [0.15, 0.2) is 11.5 Å². The minimum atomic E-state index is -0.592. The number of benzene rings is 1. The summed E-state index contributed by atoms with van der Waals surface area (Å²) >= 11 is 0. The molecule has 2 atom stereocenters. The lowest BCUT2D eigenvalue weighted by Crippen LogP contribution is -2.37. The lowest BCUT2D eigenvalue weighted by Gasteiger charge is -2.28. The number of aliphatic hydroxyl groups excluding tert-OH is 1. The maximum atomic E-state index is 12.5. The normalized spacial score (nSPS) is 23.9. The summed E-state index contributed by atoms with van der Waals surface area (Å²) in [6.45, 7) is 2.40. The van der Waals surface area contributed by atoms with Crippen molar-refractivity contribution in [3.63, 3.8) is 0 Å². The molecule has 1 aromatic carbocycles. The van der Waals surface area contributed by atoms with Gasteiger partial charge in [-0.2, -0.15) is 0 Å². The van der Waals surface area contributed by atoms with E-state index < -0.39 is 17.7 Å². The number of nitrogens with zero attached hydrogens (tertiary/aromatic N) is 1. The Hall–Kier alpha value is -2.34. The Bertz CT molecular complexity index is 673. The minimum absolute atomic E-state index is 0.0613. The molecule has 2 heterocycles. The van der Waals surface area contributed by atoms with Gasteiger partial charge in [0.25, 0.3) is 5.91 Å². The molecule has 0 radical (unpaired) electrons. The van der Waals surface area contributed by atoms with Crippen LogP contribution in [0.4, 0.5) is 0 Å². The first-order valence-electron chi connectivity index (χ1n) is 8.03. The quantitative estimate of drug-likeness (QED) is 0.895. The average molecular weight is 331 g/mol. The van der Waals surface area contributed by atoms with E-state index >= 15 is 0 Å². The highest BCUT2D eigenvalue weighted by molar-refractivity contribution is 6.08. The van der Waals surface area contributed by atoms with Gasteiger partial charge in [0.05, 0.1) is 24.8 Å². The molecule has 1 amide bonds. The van der Waals surface area contributed by atoms with Crippen LogP contribution < -0.4 is 4.74 Å². The molecule has 24 heavy (non-hydrogen) atoms. The Balaban J connectivity index is 1.96. The fourth-order valence-corrected chi connectivity index (χ4v) is 3.34. The maximum absolute atomic E-state index is 12.5. The zero-order valence-corrected chi connectivity index (χ0v) is 13.8. The van der Waals surface area contributed by atoms with E-state index in [1.54, 1.807) is 31.4 Å². The summed E-state index contributed by atoms with van der Waals surface area (Å²) in [4.78, 5) is 26.1. The van der Waals surface area contributed by atoms with Gasteiger partial charge in [-0.25, -0.2) is 0 Å². The van der Waals surface area contributed by atoms with Gasteiger partial charge >= 0.3 is 0 Å². The summed E-state index contributed by atoms with van der Waals surface area (Å²) in [6.07, 6.45) is 1.77. The number of ether oxygens (including phenoxy) is 2. The van der Waals surface area contributed by atoms with Crippen LogP contribution in [0, 0.1) is 0 Å². The van der Waals surface area contributed by atoms with Crippen LogP contribution in [0.15, 0.2) is 35.6 Å². The van der Waals surface area contributed by atoms with Gasteiger partial charge in [-0.1, -0.05) is 12.1 Å². The van der Waals surface area contributed by atoms with Crippen LogP contribution >= 0.6 is 0 Å². The van der Waals surface area contributed by atoms with Crippen LogP contribution in [0.2, 0.25) is 0 Å². The Labute approximate surface area is 140 Å². The monoisotopic (exact) mass is 331 g/mol. The van der Waals surface area contributed by atoms with E-state index in [0.29, 0.717) is 18.9 Å². The molecule has 0 spiro atoms. The second-order valence-corrected chi connectivity index (χ2v) is 6.09. The molecular formula is C18H21NO5. The highest BCUT2D eigenvalue weighted by Gasteiger charge is 2.43. The van der Waals surface area contributed by atoms with E-state index in [4.69, 9.17) is 9.47 Å². The molecule has 128 valence electrons. The Morgan fingerprint density at radius 3 is 2.62 bits per heavy atom. The van der Waals surface area contributed by atoms with Gasteiger partial charge in [-0.15, -0.1) is 0 Å². The number of carbonyl (C=O) groups is 2. The lowest BCUT2D eigenvalue weighted by molar-refractivity contribution is -0.131. The molecule has 1 aromatic rings. The van der Waals surface area contributed by atoms with Crippen LogP contribution in [-0.4, -0.2) is 48.1 Å². The summed E-state index contributed by atoms with van der Waals surface area (Å²) in [7, 11) is 1.57. The first-order chi connectivity index (χ1) is 11.5. The van der Waals surface area contributed by atoms with Crippen LogP contribution in [0.5, 0.6) is 5.75 Å². The Kier molecular flexibility index (Phi) is 4.57. The van der Waals surface area contributed by atoms with Crippen molar-refractivity contribution in [2.24, 2.45) is 0 Å². The van der Waals surface area contributed by atoms with Gasteiger partial charge in [-0.3, -0.25) is 9.59 Å². The number of hydrogen-bond acceptors (Lipinski definition) is 5. The summed E-state index contributed by atoms with van der Waals surface area (Å²) in [5.41, 5.74) is 0.902. The average Bonchev–Trinajstić information content (AvgIpc) is 3.17. The minimum Gasteiger partial charge on any atom is -0.503 e. The van der Waals surface area contributed by atoms with Crippen LogP contribution in [0.3, 0.4) is 0 Å². The van der Waals surface area contributed by atoms with E-state index in [1.807, 2.05) is 0 Å². The number of hydrogen-bond donors (Lipinski definition) is 1. The number of Topliss-reactive ketones (excluding diaryl/α,β-unsaturated/α-hetero) is 1. The Morgan fingerprint density at radius 1 is 1.38 bits per heavy atom. The molecule has 0 bridgehead atoms. The number of methoxy groups -OCH3 is 1. The molecule has 0 aromatic heterocycles. The van der Waals surface area contributed by atoms with Gasteiger partial charge in [0.2, 0.25) is 0 Å². The third kappa shape index (κ3) is 2.89. The largest absolute Gasteiger partial charge is 0.503 e. The summed E-state index contributed by atoms with van der Waals surface area (Å²) < 4.78 is 10.8. The molecule has 2 unspecified atom stereocenters. The first-order valence-corrected chi connectivity index (χ1v) is 8.03. The Morgan fingerprint density at radius 2 is 2.08 bits per heavy atom. The van der Waals surface area contributed by atoms with Crippen molar-refractivity contribution < 1.29 is 24.2 Å². The van der Waals surface area contributed by atoms with Crippen LogP contribution in [-0.2, 0) is 14.3 Å². The zero-order valence-electron chi connectivity index (χ0n) is 13.8. The summed E-state index contributed by atoms with van der Waals surface area (Å²) in [5, 5.41) is 10.2.